The third-order valence-electron chi connectivity index (χ3n) is 2.57. The molecule has 1 rings (SSSR count). The summed E-state index contributed by atoms with van der Waals surface area (Å²) < 4.78 is 23.8. The third-order valence-corrected chi connectivity index (χ3v) is 4.71. The van der Waals surface area contributed by atoms with Crippen LogP contribution in [0.5, 0.6) is 0 Å². The molecule has 0 aliphatic rings. The summed E-state index contributed by atoms with van der Waals surface area (Å²) in [6.07, 6.45) is 0.0868. The largest absolute Gasteiger partial charge is 0.480 e. The molecule has 0 aliphatic carbocycles. The Bertz CT molecular complexity index is 488. The Morgan fingerprint density at radius 2 is 1.82 bits per heavy atom. The number of aryl methyl sites for hydroxylation is 1. The summed E-state index contributed by atoms with van der Waals surface area (Å²) in [5.41, 5.74) is 1.66. The van der Waals surface area contributed by atoms with Crippen molar-refractivity contribution in [3.8, 4) is 0 Å². The van der Waals surface area contributed by atoms with Crippen molar-refractivity contribution in [3.63, 3.8) is 0 Å². The second-order valence-corrected chi connectivity index (χ2v) is 6.21. The zero-order valence-electron chi connectivity index (χ0n) is 9.88. The van der Waals surface area contributed by atoms with Gasteiger partial charge in [-0.2, -0.15) is 0 Å². The smallest absolute Gasteiger partial charge is 0.321 e. The summed E-state index contributed by atoms with van der Waals surface area (Å²) in [5, 5.41) is 7.54. The lowest BCUT2D eigenvalue weighted by Crippen LogP contribution is -2.30. The van der Waals surface area contributed by atoms with Gasteiger partial charge >= 0.3 is 5.97 Å². The number of aliphatic carboxylic acids is 1. The molecule has 4 nitrogen and oxygen atoms in total. The van der Waals surface area contributed by atoms with Gasteiger partial charge in [-0.1, -0.05) is 36.8 Å². The number of rotatable bonds is 5. The Labute approximate surface area is 101 Å². The van der Waals surface area contributed by atoms with E-state index in [0.717, 1.165) is 5.56 Å². The van der Waals surface area contributed by atoms with Crippen molar-refractivity contribution in [3.05, 3.63) is 35.4 Å². The first kappa shape index (κ1) is 13.7. The number of hydrogen-bond acceptors (Lipinski definition) is 3. The fourth-order valence-electron chi connectivity index (χ4n) is 1.60. The Balaban J connectivity index is 2.93. The van der Waals surface area contributed by atoms with E-state index in [-0.39, 0.29) is 12.2 Å². The standard InChI is InChI=1S/C12H16O4S/c1-3-11(12(13)14)17(15,16)8-10-6-4-9(2)5-7-10/h4-7,11H,3,8H2,1-2H3,(H,13,14). The van der Waals surface area contributed by atoms with Crippen LogP contribution in [0.15, 0.2) is 24.3 Å². The normalized spacial score (nSPS) is 13.3. The van der Waals surface area contributed by atoms with Crippen LogP contribution < -0.4 is 0 Å². The summed E-state index contributed by atoms with van der Waals surface area (Å²) in [4.78, 5) is 10.8. The van der Waals surface area contributed by atoms with Crippen LogP contribution in [0.25, 0.3) is 0 Å². The molecular weight excluding hydrogens is 240 g/mol. The van der Waals surface area contributed by atoms with Crippen LogP contribution in [0.4, 0.5) is 0 Å². The van der Waals surface area contributed by atoms with Gasteiger partial charge in [0.05, 0.1) is 5.75 Å². The SMILES string of the molecule is CCC(C(=O)O)S(=O)(=O)Cc1ccc(C)cc1. The first-order valence-electron chi connectivity index (χ1n) is 5.36. The number of carbonyl (C=O) groups is 1. The number of carboxylic acids is 1. The van der Waals surface area contributed by atoms with Crippen molar-refractivity contribution < 1.29 is 18.3 Å². The van der Waals surface area contributed by atoms with E-state index in [4.69, 9.17) is 5.11 Å². The summed E-state index contributed by atoms with van der Waals surface area (Å²) in [6.45, 7) is 3.47. The minimum absolute atomic E-state index is 0.0868. The van der Waals surface area contributed by atoms with E-state index in [2.05, 4.69) is 0 Å². The third kappa shape index (κ3) is 3.56. The lowest BCUT2D eigenvalue weighted by Gasteiger charge is -2.11. The van der Waals surface area contributed by atoms with Crippen molar-refractivity contribution in [2.24, 2.45) is 0 Å². The summed E-state index contributed by atoms with van der Waals surface area (Å²) in [5.74, 6) is -1.50. The number of hydrogen-bond donors (Lipinski definition) is 1. The number of sulfone groups is 1. The lowest BCUT2D eigenvalue weighted by molar-refractivity contribution is -0.136. The minimum Gasteiger partial charge on any atom is -0.480 e. The van der Waals surface area contributed by atoms with Gasteiger partial charge in [0.25, 0.3) is 0 Å². The fourth-order valence-corrected chi connectivity index (χ4v) is 3.27. The van der Waals surface area contributed by atoms with Crippen LogP contribution >= 0.6 is 0 Å². The molecule has 94 valence electrons. The van der Waals surface area contributed by atoms with Gasteiger partial charge < -0.3 is 5.11 Å². The van der Waals surface area contributed by atoms with Gasteiger partial charge in [-0.15, -0.1) is 0 Å². The van der Waals surface area contributed by atoms with E-state index in [1.165, 1.54) is 0 Å². The second-order valence-electron chi connectivity index (χ2n) is 4.03. The Morgan fingerprint density at radius 3 is 2.24 bits per heavy atom. The summed E-state index contributed by atoms with van der Waals surface area (Å²) >= 11 is 0. The average Bonchev–Trinajstić information content (AvgIpc) is 2.21. The highest BCUT2D eigenvalue weighted by Crippen LogP contribution is 2.14. The van der Waals surface area contributed by atoms with Crippen molar-refractivity contribution >= 4 is 15.8 Å². The maximum absolute atomic E-state index is 11.9. The molecular formula is C12H16O4S. The van der Waals surface area contributed by atoms with Crippen LogP contribution in [-0.2, 0) is 20.4 Å². The molecule has 17 heavy (non-hydrogen) atoms. The predicted molar refractivity (Wildman–Crippen MR) is 65.5 cm³/mol. The van der Waals surface area contributed by atoms with Crippen molar-refractivity contribution in [2.45, 2.75) is 31.3 Å². The monoisotopic (exact) mass is 256 g/mol. The zero-order chi connectivity index (χ0) is 13.1. The Morgan fingerprint density at radius 1 is 1.29 bits per heavy atom. The van der Waals surface area contributed by atoms with E-state index in [0.29, 0.717) is 5.56 Å². The van der Waals surface area contributed by atoms with Crippen molar-refractivity contribution in [2.75, 3.05) is 0 Å². The molecule has 1 atom stereocenters. The highest BCUT2D eigenvalue weighted by Gasteiger charge is 2.30. The molecule has 0 bridgehead atoms. The van der Waals surface area contributed by atoms with Gasteiger partial charge in [-0.05, 0) is 18.9 Å². The van der Waals surface area contributed by atoms with Crippen molar-refractivity contribution in [1.82, 2.24) is 0 Å². The molecule has 0 aliphatic heterocycles. The summed E-state index contributed by atoms with van der Waals surface area (Å²) in [7, 11) is -3.64. The maximum atomic E-state index is 11.9. The topological polar surface area (TPSA) is 71.4 Å². The average molecular weight is 256 g/mol. The van der Waals surface area contributed by atoms with E-state index in [1.807, 2.05) is 19.1 Å². The van der Waals surface area contributed by atoms with Crippen LogP contribution in [0.2, 0.25) is 0 Å². The van der Waals surface area contributed by atoms with Gasteiger partial charge in [0, 0.05) is 0 Å². The second kappa shape index (κ2) is 5.31. The predicted octanol–water partition coefficient (Wildman–Crippen LogP) is 1.77. The fraction of sp³-hybridized carbons (Fsp3) is 0.417. The van der Waals surface area contributed by atoms with Gasteiger partial charge in [0.2, 0.25) is 0 Å². The van der Waals surface area contributed by atoms with Gasteiger partial charge in [-0.3, -0.25) is 4.79 Å². The molecule has 0 aromatic heterocycles. The van der Waals surface area contributed by atoms with Gasteiger partial charge in [-0.25, -0.2) is 8.42 Å². The summed E-state index contributed by atoms with van der Waals surface area (Å²) in [6, 6.07) is 7.04. The van der Waals surface area contributed by atoms with Crippen molar-refractivity contribution in [1.29, 1.82) is 0 Å². The maximum Gasteiger partial charge on any atom is 0.321 e. The number of carboxylic acid groups (broad SMARTS) is 1. The van der Waals surface area contributed by atoms with E-state index in [1.54, 1.807) is 19.1 Å². The first-order valence-corrected chi connectivity index (χ1v) is 7.08. The minimum atomic E-state index is -3.64. The molecule has 0 amide bonds. The van der Waals surface area contributed by atoms with E-state index < -0.39 is 21.1 Å². The van der Waals surface area contributed by atoms with Gasteiger partial charge in [0.1, 0.15) is 0 Å². The molecule has 1 N–H and O–H groups in total. The molecule has 1 unspecified atom stereocenters. The van der Waals surface area contributed by atoms with Crippen LogP contribution in [0, 0.1) is 6.92 Å². The molecule has 5 heteroatoms. The molecule has 0 heterocycles. The first-order chi connectivity index (χ1) is 7.86. The lowest BCUT2D eigenvalue weighted by atomic mass is 10.2. The highest BCUT2D eigenvalue weighted by atomic mass is 32.2. The Kier molecular flexibility index (Phi) is 4.28. The van der Waals surface area contributed by atoms with Gasteiger partial charge in [0.15, 0.2) is 15.1 Å². The molecule has 0 saturated heterocycles. The van der Waals surface area contributed by atoms with E-state index in [9.17, 15) is 13.2 Å². The molecule has 0 saturated carbocycles. The molecule has 1 aromatic carbocycles. The zero-order valence-corrected chi connectivity index (χ0v) is 10.7. The Hall–Kier alpha value is -1.36. The van der Waals surface area contributed by atoms with Crippen LogP contribution in [0.1, 0.15) is 24.5 Å². The molecule has 1 aromatic rings. The highest BCUT2D eigenvalue weighted by molar-refractivity contribution is 7.92. The van der Waals surface area contributed by atoms with E-state index >= 15 is 0 Å². The quantitative estimate of drug-likeness (QED) is 0.871. The van der Waals surface area contributed by atoms with Crippen LogP contribution in [-0.4, -0.2) is 24.7 Å². The molecule has 0 radical (unpaired) electrons. The molecule has 0 spiro atoms. The number of benzene rings is 1. The van der Waals surface area contributed by atoms with Crippen LogP contribution in [0.3, 0.4) is 0 Å². The molecule has 0 fully saturated rings.